The molecule has 1 aliphatic heterocycles. The van der Waals surface area contributed by atoms with E-state index in [1.54, 1.807) is 6.20 Å². The summed E-state index contributed by atoms with van der Waals surface area (Å²) in [5.41, 5.74) is 0. The number of carbonyl (C=O) groups is 1. The molecule has 16 heavy (non-hydrogen) atoms. The Kier molecular flexibility index (Phi) is 4.12. The van der Waals surface area contributed by atoms with Gasteiger partial charge in [0.1, 0.15) is 12.4 Å². The van der Waals surface area contributed by atoms with Gasteiger partial charge in [0.15, 0.2) is 6.67 Å². The largest absolute Gasteiger partial charge is 1.00 e. The average Bonchev–Trinajstić information content (AvgIpc) is 2.77. The average molecular weight is 242 g/mol. The maximum atomic E-state index is 11.5. The van der Waals surface area contributed by atoms with Crippen molar-refractivity contribution in [3.05, 3.63) is 24.8 Å². The summed E-state index contributed by atoms with van der Waals surface area (Å²) in [5, 5.41) is 0. The van der Waals surface area contributed by atoms with Crippen LogP contribution in [0.5, 0.6) is 0 Å². The van der Waals surface area contributed by atoms with Crippen molar-refractivity contribution in [1.82, 2.24) is 9.47 Å². The molecule has 1 fully saturated rings. The number of aromatic nitrogens is 2. The van der Waals surface area contributed by atoms with Crippen LogP contribution < -0.4 is 17.0 Å². The zero-order valence-electron chi connectivity index (χ0n) is 9.40. The molecule has 1 aromatic rings. The summed E-state index contributed by atoms with van der Waals surface area (Å²) in [6.07, 6.45) is 7.37. The SMILES string of the molecule is C=C[n+]1ccn(CN2CCCC2=O)c1C.[Cl-]. The van der Waals surface area contributed by atoms with E-state index in [1.165, 1.54) is 0 Å². The molecule has 1 saturated heterocycles. The maximum Gasteiger partial charge on any atom is 0.259 e. The van der Waals surface area contributed by atoms with E-state index in [2.05, 4.69) is 11.1 Å². The van der Waals surface area contributed by atoms with Crippen molar-refractivity contribution in [2.45, 2.75) is 26.4 Å². The van der Waals surface area contributed by atoms with E-state index in [0.717, 1.165) is 18.8 Å². The molecule has 0 saturated carbocycles. The summed E-state index contributed by atoms with van der Waals surface area (Å²) in [7, 11) is 0. The lowest BCUT2D eigenvalue weighted by molar-refractivity contribution is -0.575. The van der Waals surface area contributed by atoms with Gasteiger partial charge in [0.25, 0.3) is 5.82 Å². The molecule has 0 unspecified atom stereocenters. The molecule has 88 valence electrons. The number of hydrogen-bond donors (Lipinski definition) is 0. The topological polar surface area (TPSA) is 29.1 Å². The molecule has 5 heteroatoms. The number of nitrogens with zero attached hydrogens (tertiary/aromatic N) is 3. The van der Waals surface area contributed by atoms with E-state index >= 15 is 0 Å². The van der Waals surface area contributed by atoms with Crippen LogP contribution in [0.25, 0.3) is 6.20 Å². The number of hydrogen-bond acceptors (Lipinski definition) is 1. The van der Waals surface area contributed by atoms with Gasteiger partial charge in [0.05, 0.1) is 6.20 Å². The summed E-state index contributed by atoms with van der Waals surface area (Å²) < 4.78 is 4.01. The summed E-state index contributed by atoms with van der Waals surface area (Å²) in [6.45, 7) is 7.27. The predicted molar refractivity (Wildman–Crippen MR) is 56.7 cm³/mol. The van der Waals surface area contributed by atoms with E-state index in [-0.39, 0.29) is 18.3 Å². The molecule has 0 radical (unpaired) electrons. The summed E-state index contributed by atoms with van der Waals surface area (Å²) in [4.78, 5) is 13.3. The highest BCUT2D eigenvalue weighted by molar-refractivity contribution is 5.77. The van der Waals surface area contributed by atoms with Gasteiger partial charge < -0.3 is 17.3 Å². The number of halogens is 1. The standard InChI is InChI=1S/C11H16N3O.ClH/c1-3-12-7-8-13(10(12)2)9-14-6-4-5-11(14)15;/h3,7-8H,1,4-6,9H2,2H3;1H/q+1;/p-1. The van der Waals surface area contributed by atoms with Crippen molar-refractivity contribution in [1.29, 1.82) is 0 Å². The van der Waals surface area contributed by atoms with E-state index in [4.69, 9.17) is 0 Å². The van der Waals surface area contributed by atoms with Gasteiger partial charge in [0.2, 0.25) is 5.91 Å². The third-order valence-electron chi connectivity index (χ3n) is 2.89. The molecule has 0 N–H and O–H groups in total. The molecule has 0 spiro atoms. The summed E-state index contributed by atoms with van der Waals surface area (Å²) in [5.74, 6) is 1.35. The number of amides is 1. The van der Waals surface area contributed by atoms with Crippen molar-refractivity contribution in [3.63, 3.8) is 0 Å². The van der Waals surface area contributed by atoms with Crippen molar-refractivity contribution < 1.29 is 21.8 Å². The maximum absolute atomic E-state index is 11.5. The van der Waals surface area contributed by atoms with Crippen LogP contribution in [0.1, 0.15) is 18.7 Å². The molecule has 4 nitrogen and oxygen atoms in total. The molecular formula is C11H16ClN3O. The third-order valence-corrected chi connectivity index (χ3v) is 2.89. The lowest BCUT2D eigenvalue weighted by Gasteiger charge is -2.12. The molecule has 0 atom stereocenters. The first-order valence-electron chi connectivity index (χ1n) is 5.19. The number of carbonyl (C=O) groups excluding carboxylic acids is 1. The minimum atomic E-state index is 0. The second-order valence-corrected chi connectivity index (χ2v) is 3.81. The molecule has 1 aliphatic rings. The first-order valence-corrected chi connectivity index (χ1v) is 5.19. The third kappa shape index (κ3) is 2.27. The Labute approximate surface area is 102 Å². The van der Waals surface area contributed by atoms with Crippen LogP contribution in [0, 0.1) is 6.92 Å². The Morgan fingerprint density at radius 2 is 2.38 bits per heavy atom. The fraction of sp³-hybridized carbons (Fsp3) is 0.455. The lowest BCUT2D eigenvalue weighted by atomic mass is 10.4. The predicted octanol–water partition coefficient (Wildman–Crippen LogP) is -2.23. The van der Waals surface area contributed by atoms with Crippen LogP contribution in [0.4, 0.5) is 0 Å². The fourth-order valence-electron chi connectivity index (χ4n) is 1.90. The molecule has 2 rings (SSSR count). The van der Waals surface area contributed by atoms with Crippen molar-refractivity contribution >= 4 is 12.1 Å². The Bertz CT molecular complexity index is 400. The van der Waals surface area contributed by atoms with Crippen LogP contribution in [0.2, 0.25) is 0 Å². The molecule has 0 aliphatic carbocycles. The number of rotatable bonds is 3. The van der Waals surface area contributed by atoms with Crippen molar-refractivity contribution in [3.8, 4) is 0 Å². The zero-order chi connectivity index (χ0) is 10.8. The van der Waals surface area contributed by atoms with Gasteiger partial charge in [-0.1, -0.05) is 6.58 Å². The van der Waals surface area contributed by atoms with Gasteiger partial charge in [0, 0.05) is 19.9 Å². The van der Waals surface area contributed by atoms with E-state index in [0.29, 0.717) is 13.1 Å². The Morgan fingerprint density at radius 3 is 2.88 bits per heavy atom. The van der Waals surface area contributed by atoms with Crippen LogP contribution in [-0.2, 0) is 11.5 Å². The Morgan fingerprint density at radius 1 is 1.62 bits per heavy atom. The fourth-order valence-corrected chi connectivity index (χ4v) is 1.90. The molecular weight excluding hydrogens is 226 g/mol. The number of likely N-dealkylation sites (tertiary alicyclic amines) is 1. The highest BCUT2D eigenvalue weighted by Crippen LogP contribution is 2.11. The Balaban J connectivity index is 0.00000128. The molecule has 2 heterocycles. The van der Waals surface area contributed by atoms with Crippen LogP contribution >= 0.6 is 0 Å². The smallest absolute Gasteiger partial charge is 0.259 e. The summed E-state index contributed by atoms with van der Waals surface area (Å²) >= 11 is 0. The van der Waals surface area contributed by atoms with Gasteiger partial charge in [-0.3, -0.25) is 4.79 Å². The molecule has 1 aromatic heterocycles. The van der Waals surface area contributed by atoms with Crippen molar-refractivity contribution in [2.75, 3.05) is 6.54 Å². The van der Waals surface area contributed by atoms with Crippen LogP contribution in [0.15, 0.2) is 19.0 Å². The highest BCUT2D eigenvalue weighted by Gasteiger charge is 2.23. The normalized spacial score (nSPS) is 15.1. The quantitative estimate of drug-likeness (QED) is 0.551. The van der Waals surface area contributed by atoms with Gasteiger partial charge in [-0.25, -0.2) is 9.13 Å². The van der Waals surface area contributed by atoms with E-state index in [9.17, 15) is 4.79 Å². The van der Waals surface area contributed by atoms with Gasteiger partial charge >= 0.3 is 0 Å². The van der Waals surface area contributed by atoms with Gasteiger partial charge in [-0.15, -0.1) is 0 Å². The van der Waals surface area contributed by atoms with Gasteiger partial charge in [-0.05, 0) is 6.42 Å². The first kappa shape index (κ1) is 12.8. The minimum Gasteiger partial charge on any atom is -1.00 e. The monoisotopic (exact) mass is 241 g/mol. The first-order chi connectivity index (χ1) is 7.22. The van der Waals surface area contributed by atoms with E-state index in [1.807, 2.05) is 28.8 Å². The second kappa shape index (κ2) is 5.16. The second-order valence-electron chi connectivity index (χ2n) is 3.81. The van der Waals surface area contributed by atoms with Crippen LogP contribution in [0.3, 0.4) is 0 Å². The lowest BCUT2D eigenvalue weighted by Crippen LogP contribution is -3.00. The van der Waals surface area contributed by atoms with Crippen molar-refractivity contribution in [2.24, 2.45) is 0 Å². The van der Waals surface area contributed by atoms with E-state index < -0.39 is 0 Å². The number of imidazole rings is 1. The van der Waals surface area contributed by atoms with Crippen LogP contribution in [-0.4, -0.2) is 21.9 Å². The zero-order valence-corrected chi connectivity index (χ0v) is 10.2. The van der Waals surface area contributed by atoms with Gasteiger partial charge in [-0.2, -0.15) is 0 Å². The highest BCUT2D eigenvalue weighted by atomic mass is 35.5. The summed E-state index contributed by atoms with van der Waals surface area (Å²) in [6, 6.07) is 0. The molecule has 0 bridgehead atoms. The molecule has 1 amide bonds. The Hall–Kier alpha value is -1.29. The minimum absolute atomic E-state index is 0. The molecule has 0 aromatic carbocycles.